The van der Waals surface area contributed by atoms with Crippen LogP contribution in [-0.4, -0.2) is 96.7 Å². The highest BCUT2D eigenvalue weighted by atomic mass is 31.2. The average molecular weight is 1280 g/mol. The molecule has 19 heteroatoms. The van der Waals surface area contributed by atoms with Gasteiger partial charge in [0.25, 0.3) is 0 Å². The lowest BCUT2D eigenvalue weighted by Crippen LogP contribution is -2.30. The quantitative estimate of drug-likeness (QED) is 0.0222. The van der Waals surface area contributed by atoms with Gasteiger partial charge in [-0.2, -0.15) is 0 Å². The number of unbranched alkanes of at least 4 members (excludes halogenated alkanes) is 37. The third-order valence-corrected chi connectivity index (χ3v) is 17.6. The summed E-state index contributed by atoms with van der Waals surface area (Å²) in [7, 11) is -9.89. The largest absolute Gasteiger partial charge is 0.472 e. The van der Waals surface area contributed by atoms with Crippen molar-refractivity contribution in [3.05, 3.63) is 0 Å². The number of hydrogen-bond acceptors (Lipinski definition) is 15. The summed E-state index contributed by atoms with van der Waals surface area (Å²) in [5, 5.41) is 10.6. The third kappa shape index (κ3) is 62.6. The summed E-state index contributed by atoms with van der Waals surface area (Å²) in [5.41, 5.74) is 0. The van der Waals surface area contributed by atoms with Crippen molar-refractivity contribution in [1.82, 2.24) is 0 Å². The molecule has 0 radical (unpaired) electrons. The van der Waals surface area contributed by atoms with Crippen molar-refractivity contribution in [2.75, 3.05) is 39.6 Å². The van der Waals surface area contributed by atoms with Gasteiger partial charge in [0, 0.05) is 25.7 Å². The average Bonchev–Trinajstić information content (AvgIpc) is 3.50. The Kier molecular flexibility index (Phi) is 59.0. The van der Waals surface area contributed by atoms with Crippen molar-refractivity contribution in [2.45, 2.75) is 362 Å². The minimum atomic E-state index is -4.95. The van der Waals surface area contributed by atoms with E-state index in [4.69, 9.17) is 37.0 Å². The van der Waals surface area contributed by atoms with Crippen LogP contribution >= 0.6 is 15.6 Å². The lowest BCUT2D eigenvalue weighted by Gasteiger charge is -2.21. The van der Waals surface area contributed by atoms with E-state index in [0.717, 1.165) is 108 Å². The van der Waals surface area contributed by atoms with Gasteiger partial charge in [-0.3, -0.25) is 37.3 Å². The maximum atomic E-state index is 13.0. The van der Waals surface area contributed by atoms with Crippen molar-refractivity contribution < 1.29 is 80.2 Å². The Morgan fingerprint density at radius 1 is 0.310 bits per heavy atom. The normalized spacial score (nSPS) is 14.2. The first-order valence-electron chi connectivity index (χ1n) is 35.5. The number of esters is 4. The molecular weight excluding hydrogens is 1150 g/mol. The van der Waals surface area contributed by atoms with Crippen LogP contribution in [0, 0.1) is 11.8 Å². The molecule has 0 spiro atoms. The number of hydrogen-bond donors (Lipinski definition) is 3. The number of rotatable bonds is 67. The van der Waals surface area contributed by atoms with Crippen LogP contribution in [0.1, 0.15) is 343 Å². The van der Waals surface area contributed by atoms with E-state index in [9.17, 15) is 43.2 Å². The summed E-state index contributed by atoms with van der Waals surface area (Å²) < 4.78 is 68.1. The SMILES string of the molecule is CCCCCCCCCCCCC(=O)O[C@H](COC(=O)CCCCCCCCCC)COP(=O)(O)OC[C@H](O)COP(=O)(O)OC[C@@H](COC(=O)CCCCCCCCCCCCCC(C)C)OC(=O)CCCCCCCCCCCCCCC(C)C. The summed E-state index contributed by atoms with van der Waals surface area (Å²) in [6.07, 6.45) is 44.4. The zero-order valence-corrected chi connectivity index (χ0v) is 58.1. The second-order valence-corrected chi connectivity index (χ2v) is 28.4. The van der Waals surface area contributed by atoms with Gasteiger partial charge in [0.15, 0.2) is 12.2 Å². The molecular formula is C68H132O17P2. The van der Waals surface area contributed by atoms with Gasteiger partial charge in [0.1, 0.15) is 19.3 Å². The predicted molar refractivity (Wildman–Crippen MR) is 349 cm³/mol. The van der Waals surface area contributed by atoms with E-state index in [1.165, 1.54) is 154 Å². The Hall–Kier alpha value is -1.94. The molecule has 0 rings (SSSR count). The van der Waals surface area contributed by atoms with Crippen molar-refractivity contribution in [3.63, 3.8) is 0 Å². The second kappa shape index (κ2) is 60.3. The molecule has 0 saturated heterocycles. The van der Waals surface area contributed by atoms with Gasteiger partial charge in [0.2, 0.25) is 0 Å². The van der Waals surface area contributed by atoms with Crippen LogP contribution < -0.4 is 0 Å². The van der Waals surface area contributed by atoms with Gasteiger partial charge in [-0.05, 0) is 37.5 Å². The Bertz CT molecular complexity index is 1700. The van der Waals surface area contributed by atoms with Crippen LogP contribution in [-0.2, 0) is 65.4 Å². The monoisotopic (exact) mass is 1280 g/mol. The highest BCUT2D eigenvalue weighted by Crippen LogP contribution is 2.45. The number of aliphatic hydroxyl groups is 1. The van der Waals surface area contributed by atoms with Crippen LogP contribution in [0.25, 0.3) is 0 Å². The van der Waals surface area contributed by atoms with E-state index in [1.54, 1.807) is 0 Å². The molecule has 0 aliphatic rings. The predicted octanol–water partition coefficient (Wildman–Crippen LogP) is 19.2. The van der Waals surface area contributed by atoms with E-state index in [2.05, 4.69) is 41.5 Å². The zero-order valence-electron chi connectivity index (χ0n) is 56.3. The topological polar surface area (TPSA) is 237 Å². The standard InChI is InChI=1S/C68H132O17P2/c1-7-9-11-13-15-17-27-34-40-46-52-67(72)84-63(56-78-65(70)50-44-38-32-16-14-12-10-8-2)58-82-86(74,75)80-54-62(69)55-81-87(76,77)83-59-64(57-79-66(71)51-45-39-33-28-24-20-22-26-31-37-43-49-61(5)6)85-68(73)53-47-41-35-29-23-19-18-21-25-30-36-42-48-60(3)4/h60-64,69H,7-59H2,1-6H3,(H,74,75)(H,76,77)/t62-,63+,64+/m0/s1. The summed E-state index contributed by atoms with van der Waals surface area (Å²) in [4.78, 5) is 72.3. The molecule has 0 aromatic rings. The molecule has 0 aromatic heterocycles. The molecule has 516 valence electrons. The van der Waals surface area contributed by atoms with Crippen molar-refractivity contribution in [3.8, 4) is 0 Å². The van der Waals surface area contributed by atoms with Crippen LogP contribution in [0.3, 0.4) is 0 Å². The number of phosphoric ester groups is 2. The molecule has 2 unspecified atom stereocenters. The minimum Gasteiger partial charge on any atom is -0.462 e. The fourth-order valence-electron chi connectivity index (χ4n) is 10.2. The first-order chi connectivity index (χ1) is 41.9. The third-order valence-electron chi connectivity index (χ3n) is 15.7. The Labute approximate surface area is 530 Å². The molecule has 0 fully saturated rings. The molecule has 0 saturated carbocycles. The van der Waals surface area contributed by atoms with Gasteiger partial charge in [-0.15, -0.1) is 0 Å². The lowest BCUT2D eigenvalue weighted by molar-refractivity contribution is -0.161. The van der Waals surface area contributed by atoms with Crippen LogP contribution in [0.15, 0.2) is 0 Å². The summed E-state index contributed by atoms with van der Waals surface area (Å²) >= 11 is 0. The smallest absolute Gasteiger partial charge is 0.462 e. The molecule has 0 amide bonds. The molecule has 0 aromatic carbocycles. The molecule has 87 heavy (non-hydrogen) atoms. The first kappa shape index (κ1) is 85.1. The number of ether oxygens (including phenoxy) is 4. The highest BCUT2D eigenvalue weighted by molar-refractivity contribution is 7.47. The van der Waals surface area contributed by atoms with E-state index in [0.29, 0.717) is 25.7 Å². The van der Waals surface area contributed by atoms with Crippen LogP contribution in [0.2, 0.25) is 0 Å². The Balaban J connectivity index is 5.22. The summed E-state index contributed by atoms with van der Waals surface area (Å²) in [5.74, 6) is -0.581. The maximum absolute atomic E-state index is 13.0. The molecule has 5 atom stereocenters. The fourth-order valence-corrected chi connectivity index (χ4v) is 11.8. The van der Waals surface area contributed by atoms with Crippen LogP contribution in [0.5, 0.6) is 0 Å². The van der Waals surface area contributed by atoms with Crippen molar-refractivity contribution in [1.29, 1.82) is 0 Å². The van der Waals surface area contributed by atoms with Gasteiger partial charge < -0.3 is 33.8 Å². The number of phosphoric acid groups is 2. The molecule has 0 bridgehead atoms. The van der Waals surface area contributed by atoms with Gasteiger partial charge in [-0.1, -0.05) is 292 Å². The molecule has 3 N–H and O–H groups in total. The molecule has 0 heterocycles. The van der Waals surface area contributed by atoms with Gasteiger partial charge in [-0.25, -0.2) is 9.13 Å². The first-order valence-corrected chi connectivity index (χ1v) is 38.5. The molecule has 0 aliphatic heterocycles. The fraction of sp³-hybridized carbons (Fsp3) is 0.941. The van der Waals surface area contributed by atoms with Crippen LogP contribution in [0.4, 0.5) is 0 Å². The van der Waals surface area contributed by atoms with E-state index in [-0.39, 0.29) is 25.7 Å². The maximum Gasteiger partial charge on any atom is 0.472 e. The van der Waals surface area contributed by atoms with E-state index >= 15 is 0 Å². The lowest BCUT2D eigenvalue weighted by atomic mass is 10.0. The highest BCUT2D eigenvalue weighted by Gasteiger charge is 2.30. The number of aliphatic hydroxyl groups excluding tert-OH is 1. The number of carbonyl (C=O) groups excluding carboxylic acids is 4. The van der Waals surface area contributed by atoms with E-state index in [1.807, 2.05) is 0 Å². The Morgan fingerprint density at radius 3 is 0.782 bits per heavy atom. The van der Waals surface area contributed by atoms with E-state index < -0.39 is 97.5 Å². The van der Waals surface area contributed by atoms with Gasteiger partial charge in [0.05, 0.1) is 26.4 Å². The minimum absolute atomic E-state index is 0.106. The summed E-state index contributed by atoms with van der Waals surface area (Å²) in [6, 6.07) is 0. The zero-order chi connectivity index (χ0) is 64.3. The second-order valence-electron chi connectivity index (χ2n) is 25.5. The van der Waals surface area contributed by atoms with Crippen molar-refractivity contribution in [2.24, 2.45) is 11.8 Å². The molecule has 0 aliphatic carbocycles. The Morgan fingerprint density at radius 2 is 0.529 bits per heavy atom. The number of carbonyl (C=O) groups is 4. The van der Waals surface area contributed by atoms with Crippen molar-refractivity contribution >= 4 is 39.5 Å². The molecule has 17 nitrogen and oxygen atoms in total. The summed E-state index contributed by atoms with van der Waals surface area (Å²) in [6.45, 7) is 9.51. The van der Waals surface area contributed by atoms with Gasteiger partial charge >= 0.3 is 39.5 Å².